The van der Waals surface area contributed by atoms with Crippen LogP contribution in [-0.2, 0) is 11.8 Å². The predicted octanol–water partition coefficient (Wildman–Crippen LogP) is 3.31. The normalized spacial score (nSPS) is 10.7. The molecule has 1 amide bonds. The maximum Gasteiger partial charge on any atom is 0.338 e. The van der Waals surface area contributed by atoms with Crippen LogP contribution in [0.25, 0.3) is 11.0 Å². The Labute approximate surface area is 145 Å². The molecule has 0 unspecified atom stereocenters. The van der Waals surface area contributed by atoms with E-state index in [1.807, 2.05) is 24.6 Å². The topological polar surface area (TPSA) is 73.2 Å². The van der Waals surface area contributed by atoms with Crippen LogP contribution in [0.3, 0.4) is 0 Å². The Morgan fingerprint density at radius 1 is 1.12 bits per heavy atom. The van der Waals surface area contributed by atoms with Crippen molar-refractivity contribution in [3.05, 3.63) is 59.4 Å². The number of imidazole rings is 1. The molecule has 128 valence electrons. The summed E-state index contributed by atoms with van der Waals surface area (Å²) in [5.74, 6) is 0.285. The van der Waals surface area contributed by atoms with E-state index in [9.17, 15) is 9.59 Å². The van der Waals surface area contributed by atoms with E-state index in [-0.39, 0.29) is 11.9 Å². The lowest BCUT2D eigenvalue weighted by molar-refractivity contribution is 0.0526. The Balaban J connectivity index is 1.76. The minimum atomic E-state index is -0.378. The minimum Gasteiger partial charge on any atom is -0.462 e. The fraction of sp³-hybridized carbons (Fsp3) is 0.211. The molecule has 0 fully saturated rings. The second kappa shape index (κ2) is 6.76. The van der Waals surface area contributed by atoms with E-state index in [1.165, 1.54) is 0 Å². The number of nitrogens with one attached hydrogen (secondary N) is 1. The quantitative estimate of drug-likeness (QED) is 0.741. The molecule has 6 nitrogen and oxygen atoms in total. The number of hydrogen-bond acceptors (Lipinski definition) is 4. The second-order valence-corrected chi connectivity index (χ2v) is 5.67. The van der Waals surface area contributed by atoms with Gasteiger partial charge in [-0.05, 0) is 56.3 Å². The molecule has 2 aromatic carbocycles. The van der Waals surface area contributed by atoms with Crippen LogP contribution in [0.15, 0.2) is 42.5 Å². The van der Waals surface area contributed by atoms with Crippen molar-refractivity contribution in [1.29, 1.82) is 0 Å². The first-order valence-electron chi connectivity index (χ1n) is 8.01. The average Bonchev–Trinajstić information content (AvgIpc) is 2.89. The molecule has 0 aliphatic rings. The largest absolute Gasteiger partial charge is 0.462 e. The standard InChI is InChI=1S/C19H19N3O3/c1-4-25-19(24)13-5-8-15(9-6-13)21-18(23)14-7-10-17-16(11-14)20-12(2)22(17)3/h5-11H,4H2,1-3H3,(H,21,23). The zero-order valence-corrected chi connectivity index (χ0v) is 14.4. The van der Waals surface area contributed by atoms with Crippen LogP contribution in [0.2, 0.25) is 0 Å². The maximum atomic E-state index is 12.4. The van der Waals surface area contributed by atoms with Crippen molar-refractivity contribution in [3.8, 4) is 0 Å². The van der Waals surface area contributed by atoms with Crippen molar-refractivity contribution in [2.24, 2.45) is 7.05 Å². The first-order chi connectivity index (χ1) is 12.0. The predicted molar refractivity (Wildman–Crippen MR) is 95.8 cm³/mol. The smallest absolute Gasteiger partial charge is 0.338 e. The molecule has 0 saturated carbocycles. The molecule has 25 heavy (non-hydrogen) atoms. The first-order valence-corrected chi connectivity index (χ1v) is 8.01. The van der Waals surface area contributed by atoms with Crippen LogP contribution in [0, 0.1) is 6.92 Å². The number of amides is 1. The molecule has 3 rings (SSSR count). The van der Waals surface area contributed by atoms with Gasteiger partial charge in [0.2, 0.25) is 0 Å². The summed E-state index contributed by atoms with van der Waals surface area (Å²) in [6.07, 6.45) is 0. The van der Waals surface area contributed by atoms with Crippen molar-refractivity contribution < 1.29 is 14.3 Å². The number of nitrogens with zero attached hydrogens (tertiary/aromatic N) is 2. The van der Waals surface area contributed by atoms with E-state index in [1.54, 1.807) is 43.3 Å². The summed E-state index contributed by atoms with van der Waals surface area (Å²) in [5, 5.41) is 2.82. The van der Waals surface area contributed by atoms with E-state index < -0.39 is 0 Å². The third kappa shape index (κ3) is 3.38. The van der Waals surface area contributed by atoms with Crippen LogP contribution in [0.5, 0.6) is 0 Å². The fourth-order valence-electron chi connectivity index (χ4n) is 2.57. The number of benzene rings is 2. The van der Waals surface area contributed by atoms with Crippen LogP contribution < -0.4 is 5.32 Å². The van der Waals surface area contributed by atoms with Crippen LogP contribution in [0.1, 0.15) is 33.5 Å². The molecule has 0 aliphatic carbocycles. The summed E-state index contributed by atoms with van der Waals surface area (Å²) in [4.78, 5) is 28.5. The first kappa shape index (κ1) is 16.7. The van der Waals surface area contributed by atoms with E-state index in [0.717, 1.165) is 16.9 Å². The van der Waals surface area contributed by atoms with Gasteiger partial charge in [0.25, 0.3) is 5.91 Å². The van der Waals surface area contributed by atoms with Gasteiger partial charge in [-0.3, -0.25) is 4.79 Å². The summed E-state index contributed by atoms with van der Waals surface area (Å²) in [5.41, 5.74) is 3.35. The van der Waals surface area contributed by atoms with E-state index in [0.29, 0.717) is 23.4 Å². The van der Waals surface area contributed by atoms with Crippen molar-refractivity contribution in [1.82, 2.24) is 9.55 Å². The summed E-state index contributed by atoms with van der Waals surface area (Å²) < 4.78 is 6.91. The Kier molecular flexibility index (Phi) is 4.52. The van der Waals surface area contributed by atoms with Gasteiger partial charge >= 0.3 is 5.97 Å². The average molecular weight is 337 g/mol. The highest BCUT2D eigenvalue weighted by Crippen LogP contribution is 2.18. The lowest BCUT2D eigenvalue weighted by atomic mass is 10.1. The van der Waals surface area contributed by atoms with E-state index >= 15 is 0 Å². The number of aromatic nitrogens is 2. The molecule has 1 heterocycles. The summed E-state index contributed by atoms with van der Waals surface area (Å²) in [7, 11) is 1.94. The van der Waals surface area contributed by atoms with Crippen molar-refractivity contribution >= 4 is 28.6 Å². The number of anilines is 1. The molecule has 0 aliphatic heterocycles. The van der Waals surface area contributed by atoms with Gasteiger partial charge in [0.05, 0.1) is 23.2 Å². The summed E-state index contributed by atoms with van der Waals surface area (Å²) in [6, 6.07) is 12.0. The molecular weight excluding hydrogens is 318 g/mol. The Morgan fingerprint density at radius 3 is 2.48 bits per heavy atom. The van der Waals surface area contributed by atoms with Crippen LogP contribution >= 0.6 is 0 Å². The minimum absolute atomic E-state index is 0.228. The third-order valence-electron chi connectivity index (χ3n) is 4.02. The number of esters is 1. The molecule has 1 aromatic heterocycles. The van der Waals surface area contributed by atoms with Gasteiger partial charge in [0, 0.05) is 18.3 Å². The fourth-order valence-corrected chi connectivity index (χ4v) is 2.57. The van der Waals surface area contributed by atoms with E-state index in [2.05, 4.69) is 10.3 Å². The SMILES string of the molecule is CCOC(=O)c1ccc(NC(=O)c2ccc3c(c2)nc(C)n3C)cc1. The summed E-state index contributed by atoms with van der Waals surface area (Å²) >= 11 is 0. The zero-order valence-electron chi connectivity index (χ0n) is 14.4. The number of fused-ring (bicyclic) bond motifs is 1. The molecule has 0 saturated heterocycles. The number of carbonyl (C=O) groups is 2. The number of aryl methyl sites for hydroxylation is 2. The molecular formula is C19H19N3O3. The number of ether oxygens (including phenoxy) is 1. The van der Waals surface area contributed by atoms with E-state index in [4.69, 9.17) is 4.74 Å². The molecule has 0 bridgehead atoms. The van der Waals surface area contributed by atoms with Gasteiger partial charge in [-0.25, -0.2) is 9.78 Å². The third-order valence-corrected chi connectivity index (χ3v) is 4.02. The highest BCUT2D eigenvalue weighted by molar-refractivity contribution is 6.06. The van der Waals surface area contributed by atoms with Crippen molar-refractivity contribution in [2.75, 3.05) is 11.9 Å². The lowest BCUT2D eigenvalue weighted by Crippen LogP contribution is -2.12. The molecule has 0 radical (unpaired) electrons. The highest BCUT2D eigenvalue weighted by atomic mass is 16.5. The van der Waals surface area contributed by atoms with Crippen molar-refractivity contribution in [3.63, 3.8) is 0 Å². The second-order valence-electron chi connectivity index (χ2n) is 5.67. The summed E-state index contributed by atoms with van der Waals surface area (Å²) in [6.45, 7) is 4.00. The Morgan fingerprint density at radius 2 is 1.80 bits per heavy atom. The van der Waals surface area contributed by atoms with Crippen molar-refractivity contribution in [2.45, 2.75) is 13.8 Å². The van der Waals surface area contributed by atoms with Gasteiger partial charge in [-0.15, -0.1) is 0 Å². The molecule has 6 heteroatoms. The van der Waals surface area contributed by atoms with Gasteiger partial charge in [-0.1, -0.05) is 0 Å². The Bertz CT molecular complexity index is 942. The number of rotatable bonds is 4. The monoisotopic (exact) mass is 337 g/mol. The molecule has 3 aromatic rings. The lowest BCUT2D eigenvalue weighted by Gasteiger charge is -2.07. The van der Waals surface area contributed by atoms with Gasteiger partial charge in [0.15, 0.2) is 0 Å². The van der Waals surface area contributed by atoms with Gasteiger partial charge in [-0.2, -0.15) is 0 Å². The molecule has 1 N–H and O–H groups in total. The van der Waals surface area contributed by atoms with Gasteiger partial charge < -0.3 is 14.6 Å². The maximum absolute atomic E-state index is 12.4. The highest BCUT2D eigenvalue weighted by Gasteiger charge is 2.11. The van der Waals surface area contributed by atoms with Crippen LogP contribution in [0.4, 0.5) is 5.69 Å². The van der Waals surface area contributed by atoms with Gasteiger partial charge in [0.1, 0.15) is 5.82 Å². The van der Waals surface area contributed by atoms with Crippen LogP contribution in [-0.4, -0.2) is 28.0 Å². The number of hydrogen-bond donors (Lipinski definition) is 1. The molecule has 0 spiro atoms. The Hall–Kier alpha value is -3.15. The molecule has 0 atom stereocenters. The zero-order chi connectivity index (χ0) is 18.0. The number of carbonyl (C=O) groups excluding carboxylic acids is 2.